The van der Waals surface area contributed by atoms with Gasteiger partial charge in [0.2, 0.25) is 0 Å². The van der Waals surface area contributed by atoms with Crippen molar-refractivity contribution >= 4 is 47.8 Å². The van der Waals surface area contributed by atoms with Gasteiger partial charge >= 0.3 is 0 Å². The monoisotopic (exact) mass is 249 g/mol. The molecule has 0 bridgehead atoms. The molecule has 0 unspecified atom stereocenters. The molecule has 0 saturated heterocycles. The lowest BCUT2D eigenvalue weighted by Crippen LogP contribution is -1.31. The van der Waals surface area contributed by atoms with Crippen LogP contribution in [-0.4, -0.2) is 0 Å². The summed E-state index contributed by atoms with van der Waals surface area (Å²) in [6, 6.07) is 0. The van der Waals surface area contributed by atoms with Crippen molar-refractivity contribution in [1.82, 2.24) is 0 Å². The molecular weight excluding hydrogens is 252 g/mol. The van der Waals surface area contributed by atoms with E-state index in [1.807, 2.05) is 0 Å². The summed E-state index contributed by atoms with van der Waals surface area (Å²) in [6.45, 7) is 0. The number of halogens is 3. The van der Waals surface area contributed by atoms with E-state index in [1.165, 1.54) is 0 Å². The molecule has 0 nitrogen and oxygen atoms in total. The molecular formula is CBr3. The van der Waals surface area contributed by atoms with Crippen molar-refractivity contribution in [2.75, 3.05) is 0 Å². The minimum absolute atomic E-state index is 0.854. The van der Waals surface area contributed by atoms with Gasteiger partial charge in [0, 0.05) is 0 Å². The average molecular weight is 252 g/mol. The van der Waals surface area contributed by atoms with Crippen LogP contribution >= 0.6 is 47.8 Å². The van der Waals surface area contributed by atoms with Crippen molar-refractivity contribution in [1.29, 1.82) is 0 Å². The zero-order chi connectivity index (χ0) is 3.58. The Morgan fingerprint density at radius 2 is 1.00 bits per heavy atom. The van der Waals surface area contributed by atoms with Crippen molar-refractivity contribution in [3.05, 3.63) is 2.65 Å². The van der Waals surface area contributed by atoms with Gasteiger partial charge in [-0.2, -0.15) is 0 Å². The molecule has 25 valence electrons. The summed E-state index contributed by atoms with van der Waals surface area (Å²) >= 11 is 9.06. The molecule has 0 fully saturated rings. The Balaban J connectivity index is 2.32. The maximum atomic E-state index is 3.02. The van der Waals surface area contributed by atoms with Gasteiger partial charge in [0.15, 0.2) is 2.65 Å². The lowest BCUT2D eigenvalue weighted by molar-refractivity contribution is 2.76. The SMILES string of the molecule is Br[C](Br)Br. The fourth-order valence-corrected chi connectivity index (χ4v) is 0. The lowest BCUT2D eigenvalue weighted by atomic mass is 12.0. The summed E-state index contributed by atoms with van der Waals surface area (Å²) in [7, 11) is 0. The lowest BCUT2D eigenvalue weighted by Gasteiger charge is -1.68. The van der Waals surface area contributed by atoms with Crippen LogP contribution < -0.4 is 0 Å². The second-order valence-corrected chi connectivity index (χ2v) is 5.79. The third kappa shape index (κ3) is 9.88. The van der Waals surface area contributed by atoms with Gasteiger partial charge in [0.05, 0.1) is 0 Å². The second kappa shape index (κ2) is 2.67. The summed E-state index contributed by atoms with van der Waals surface area (Å²) < 4.78 is 0.854. The Kier molecular flexibility index (Phi) is 3.62. The summed E-state index contributed by atoms with van der Waals surface area (Å²) in [6.07, 6.45) is 0. The van der Waals surface area contributed by atoms with Gasteiger partial charge in [-0.3, -0.25) is 0 Å². The van der Waals surface area contributed by atoms with Crippen molar-refractivity contribution in [2.45, 2.75) is 0 Å². The molecule has 0 atom stereocenters. The Bertz CT molecular complexity index is 8.00. The summed E-state index contributed by atoms with van der Waals surface area (Å²) in [5, 5.41) is 0. The highest BCUT2D eigenvalue weighted by atomic mass is 80.0. The Morgan fingerprint density at radius 1 is 1.00 bits per heavy atom. The van der Waals surface area contributed by atoms with E-state index in [0.29, 0.717) is 0 Å². The van der Waals surface area contributed by atoms with Crippen LogP contribution in [0.25, 0.3) is 0 Å². The molecule has 4 heavy (non-hydrogen) atoms. The predicted octanol–water partition coefficient (Wildman–Crippen LogP) is 2.62. The molecule has 0 amide bonds. The quantitative estimate of drug-likeness (QED) is 0.621. The van der Waals surface area contributed by atoms with Crippen LogP contribution in [0.1, 0.15) is 0 Å². The first kappa shape index (κ1) is 5.44. The molecule has 0 N–H and O–H groups in total. The number of hydrogen-bond acceptors (Lipinski definition) is 0. The average Bonchev–Trinajstić information content (AvgIpc) is 0.811. The third-order valence-electron chi connectivity index (χ3n) is 0. The van der Waals surface area contributed by atoms with Crippen LogP contribution in [0.15, 0.2) is 0 Å². The molecule has 3 heteroatoms. The van der Waals surface area contributed by atoms with Crippen LogP contribution in [0, 0.1) is 2.65 Å². The molecule has 0 aliphatic heterocycles. The normalized spacial score (nSPS) is 9.00. The Morgan fingerprint density at radius 3 is 1.00 bits per heavy atom. The Hall–Kier alpha value is 1.44. The Labute approximate surface area is 50.3 Å². The van der Waals surface area contributed by atoms with E-state index >= 15 is 0 Å². The fourth-order valence-electron chi connectivity index (χ4n) is 0. The topological polar surface area (TPSA) is 0 Å². The van der Waals surface area contributed by atoms with E-state index in [4.69, 9.17) is 0 Å². The van der Waals surface area contributed by atoms with Gasteiger partial charge in [0.1, 0.15) is 0 Å². The molecule has 0 aromatic carbocycles. The molecule has 0 heterocycles. The van der Waals surface area contributed by atoms with Crippen LogP contribution in [0.3, 0.4) is 0 Å². The van der Waals surface area contributed by atoms with Crippen molar-refractivity contribution in [2.24, 2.45) is 0 Å². The minimum Gasteiger partial charge on any atom is -0.0564 e. The minimum atomic E-state index is 0.854. The van der Waals surface area contributed by atoms with E-state index in [1.54, 1.807) is 0 Å². The van der Waals surface area contributed by atoms with Crippen molar-refractivity contribution < 1.29 is 0 Å². The first-order chi connectivity index (χ1) is 1.73. The van der Waals surface area contributed by atoms with Gasteiger partial charge in [-0.05, 0) is 0 Å². The van der Waals surface area contributed by atoms with E-state index in [9.17, 15) is 0 Å². The highest BCUT2D eigenvalue weighted by Gasteiger charge is 1.79. The number of hydrogen-bond donors (Lipinski definition) is 0. The summed E-state index contributed by atoms with van der Waals surface area (Å²) in [4.78, 5) is 0. The molecule has 0 saturated carbocycles. The molecule has 0 rings (SSSR count). The smallest absolute Gasteiger partial charge is 0.0564 e. The predicted molar refractivity (Wildman–Crippen MR) is 30.0 cm³/mol. The van der Waals surface area contributed by atoms with Crippen LogP contribution in [0.4, 0.5) is 0 Å². The fraction of sp³-hybridized carbons (Fsp3) is 0. The van der Waals surface area contributed by atoms with Gasteiger partial charge in [0.25, 0.3) is 0 Å². The molecule has 0 aromatic heterocycles. The largest absolute Gasteiger partial charge is 0.169 e. The van der Waals surface area contributed by atoms with Crippen LogP contribution in [0.5, 0.6) is 0 Å². The first-order valence-corrected chi connectivity index (χ1v) is 2.95. The van der Waals surface area contributed by atoms with Gasteiger partial charge in [-0.25, -0.2) is 0 Å². The molecule has 0 aromatic rings. The van der Waals surface area contributed by atoms with E-state index < -0.39 is 0 Å². The van der Waals surface area contributed by atoms with Crippen LogP contribution in [-0.2, 0) is 0 Å². The first-order valence-electron chi connectivity index (χ1n) is 0.567. The van der Waals surface area contributed by atoms with E-state index in [2.05, 4.69) is 47.8 Å². The molecule has 0 aliphatic carbocycles. The molecule has 1 radical (unpaired) electrons. The summed E-state index contributed by atoms with van der Waals surface area (Å²) in [5.41, 5.74) is 0. The maximum absolute atomic E-state index is 3.02. The molecule has 0 spiro atoms. The van der Waals surface area contributed by atoms with Crippen molar-refractivity contribution in [3.8, 4) is 0 Å². The van der Waals surface area contributed by atoms with Gasteiger partial charge in [-0.15, -0.1) is 0 Å². The zero-order valence-corrected chi connectivity index (χ0v) is 6.39. The van der Waals surface area contributed by atoms with Gasteiger partial charge in [-0.1, -0.05) is 47.8 Å². The highest BCUT2D eigenvalue weighted by Crippen LogP contribution is 2.24. The van der Waals surface area contributed by atoms with Crippen molar-refractivity contribution in [3.63, 3.8) is 0 Å². The van der Waals surface area contributed by atoms with E-state index in [0.717, 1.165) is 2.65 Å². The number of rotatable bonds is 0. The van der Waals surface area contributed by atoms with E-state index in [-0.39, 0.29) is 0 Å². The van der Waals surface area contributed by atoms with Gasteiger partial charge < -0.3 is 0 Å². The second-order valence-electron chi connectivity index (χ2n) is 0.214. The zero-order valence-electron chi connectivity index (χ0n) is 1.63. The molecule has 0 aliphatic rings. The van der Waals surface area contributed by atoms with Crippen LogP contribution in [0.2, 0.25) is 0 Å². The highest BCUT2D eigenvalue weighted by molar-refractivity contribution is 9.42. The maximum Gasteiger partial charge on any atom is 0.169 e. The standard InChI is InChI=1S/CBr3/c2-1(3)4. The summed E-state index contributed by atoms with van der Waals surface area (Å²) in [5.74, 6) is 0. The third-order valence-corrected chi connectivity index (χ3v) is 0.